The first-order valence-electron chi connectivity index (χ1n) is 7.50. The molecule has 2 amide bonds. The Balaban J connectivity index is 2.11. The van der Waals surface area contributed by atoms with E-state index in [-0.39, 0.29) is 11.8 Å². The number of nitrogens with one attached hydrogen (secondary N) is 2. The molecule has 0 spiro atoms. The number of fused-ring (bicyclic) bond motifs is 8. The Bertz CT molecular complexity index is 1030. The highest BCUT2D eigenvalue weighted by Gasteiger charge is 2.38. The van der Waals surface area contributed by atoms with Gasteiger partial charge in [-0.15, -0.1) is 0 Å². The summed E-state index contributed by atoms with van der Waals surface area (Å²) in [6.07, 6.45) is 4.83. The molecule has 3 heterocycles. The molecule has 1 aromatic carbocycles. The minimum atomic E-state index is -0.271. The number of benzene rings is 1. The Morgan fingerprint density at radius 3 is 2.73 bits per heavy atom. The van der Waals surface area contributed by atoms with Crippen molar-refractivity contribution in [1.82, 2.24) is 10.3 Å². The van der Waals surface area contributed by atoms with E-state index in [4.69, 9.17) is 0 Å². The second kappa shape index (κ2) is 3.74. The average molecular weight is 292 g/mol. The molecular weight excluding hydrogens is 278 g/mol. The van der Waals surface area contributed by atoms with Crippen LogP contribution in [0.1, 0.15) is 38.3 Å². The number of nitrogens with zero attached hydrogens (tertiary/aromatic N) is 1. The predicted octanol–water partition coefficient (Wildman–Crippen LogP) is 1.52. The van der Waals surface area contributed by atoms with Crippen molar-refractivity contribution >= 4 is 33.8 Å². The van der Waals surface area contributed by atoms with Crippen LogP contribution in [0.4, 0.5) is 0 Å². The molecule has 0 saturated carbocycles. The molecule has 2 aliphatic rings. The molecule has 0 bridgehead atoms. The fourth-order valence-electron chi connectivity index (χ4n) is 4.05. The largest absolute Gasteiger partial charge is 0.288 e. The average Bonchev–Trinajstić information content (AvgIpc) is 3.15. The van der Waals surface area contributed by atoms with Crippen LogP contribution < -0.4 is 9.88 Å². The van der Waals surface area contributed by atoms with Gasteiger partial charge in [0.1, 0.15) is 5.52 Å². The number of amides is 2. The zero-order chi connectivity index (χ0) is 15.0. The lowest BCUT2D eigenvalue weighted by Crippen LogP contribution is -2.28. The van der Waals surface area contributed by atoms with Crippen molar-refractivity contribution in [2.45, 2.75) is 19.3 Å². The van der Waals surface area contributed by atoms with Crippen molar-refractivity contribution in [2.24, 2.45) is 7.05 Å². The number of aryl methyl sites for hydroxylation is 2. The van der Waals surface area contributed by atoms with Crippen molar-refractivity contribution in [1.29, 1.82) is 0 Å². The number of pyridine rings is 1. The van der Waals surface area contributed by atoms with Crippen molar-refractivity contribution in [3.05, 3.63) is 40.6 Å². The van der Waals surface area contributed by atoms with Gasteiger partial charge < -0.3 is 0 Å². The van der Waals surface area contributed by atoms with Gasteiger partial charge in [0, 0.05) is 5.56 Å². The minimum absolute atomic E-state index is 0.241. The maximum absolute atomic E-state index is 12.4. The third-order valence-corrected chi connectivity index (χ3v) is 4.95. The predicted molar refractivity (Wildman–Crippen MR) is 80.8 cm³/mol. The Hall–Kier alpha value is -2.69. The van der Waals surface area contributed by atoms with Crippen LogP contribution in [0.3, 0.4) is 0 Å². The molecular formula is C17H14N3O2+. The van der Waals surface area contributed by atoms with Crippen LogP contribution in [0, 0.1) is 0 Å². The molecule has 1 aliphatic heterocycles. The maximum Gasteiger partial charge on any atom is 0.287 e. The van der Waals surface area contributed by atoms with Crippen molar-refractivity contribution in [2.75, 3.05) is 0 Å². The number of carbonyl (C=O) groups excluding carboxylic acids is 2. The van der Waals surface area contributed by atoms with Crippen LogP contribution >= 0.6 is 0 Å². The third-order valence-electron chi connectivity index (χ3n) is 4.95. The second-order valence-electron chi connectivity index (χ2n) is 6.10. The smallest absolute Gasteiger partial charge is 0.287 e. The summed E-state index contributed by atoms with van der Waals surface area (Å²) in [5.41, 5.74) is 5.42. The van der Waals surface area contributed by atoms with Crippen LogP contribution in [-0.4, -0.2) is 16.8 Å². The quantitative estimate of drug-likeness (QED) is 0.487. The Morgan fingerprint density at radius 1 is 1.09 bits per heavy atom. The number of aromatic nitrogens is 2. The van der Waals surface area contributed by atoms with Gasteiger partial charge in [-0.2, -0.15) is 0 Å². The molecule has 5 heteroatoms. The van der Waals surface area contributed by atoms with E-state index < -0.39 is 0 Å². The third kappa shape index (κ3) is 1.23. The van der Waals surface area contributed by atoms with Gasteiger partial charge in [-0.1, -0.05) is 0 Å². The zero-order valence-corrected chi connectivity index (χ0v) is 12.1. The van der Waals surface area contributed by atoms with E-state index in [2.05, 4.69) is 10.3 Å². The number of H-pyrrole nitrogens is 1. The van der Waals surface area contributed by atoms with E-state index in [1.807, 2.05) is 29.9 Å². The van der Waals surface area contributed by atoms with Crippen LogP contribution in [0.2, 0.25) is 0 Å². The fraction of sp³-hybridized carbons (Fsp3) is 0.235. The lowest BCUT2D eigenvalue weighted by molar-refractivity contribution is -0.646. The summed E-state index contributed by atoms with van der Waals surface area (Å²) in [5, 5.41) is 4.36. The lowest BCUT2D eigenvalue weighted by Gasteiger charge is -2.05. The van der Waals surface area contributed by atoms with Crippen molar-refractivity contribution in [3.63, 3.8) is 0 Å². The Kier molecular flexibility index (Phi) is 2.02. The summed E-state index contributed by atoms with van der Waals surface area (Å²) >= 11 is 0. The molecule has 22 heavy (non-hydrogen) atoms. The van der Waals surface area contributed by atoms with Gasteiger partial charge >= 0.3 is 0 Å². The van der Waals surface area contributed by atoms with Crippen LogP contribution in [0.15, 0.2) is 18.3 Å². The van der Waals surface area contributed by atoms with Crippen LogP contribution in [-0.2, 0) is 19.9 Å². The van der Waals surface area contributed by atoms with Gasteiger partial charge in [0.25, 0.3) is 17.5 Å². The Labute approximate surface area is 125 Å². The molecule has 5 nitrogen and oxygen atoms in total. The SMILES string of the molecule is C[n+]1cccc2c3c4c(c5c(c3[nH]c21)CCC5)C(=O)NC4=O. The first-order chi connectivity index (χ1) is 10.7. The van der Waals surface area contributed by atoms with E-state index in [0.29, 0.717) is 11.1 Å². The number of hydrogen-bond donors (Lipinski definition) is 2. The second-order valence-corrected chi connectivity index (χ2v) is 6.10. The van der Waals surface area contributed by atoms with E-state index in [0.717, 1.165) is 46.8 Å². The molecule has 0 saturated heterocycles. The number of carbonyl (C=O) groups is 2. The lowest BCUT2D eigenvalue weighted by atomic mass is 9.94. The first kappa shape index (κ1) is 11.9. The number of imide groups is 1. The van der Waals surface area contributed by atoms with Gasteiger partial charge in [-0.05, 0) is 37.0 Å². The van der Waals surface area contributed by atoms with Gasteiger partial charge in [-0.25, -0.2) is 9.55 Å². The number of aromatic amines is 1. The molecule has 2 aromatic heterocycles. The number of hydrogen-bond acceptors (Lipinski definition) is 2. The van der Waals surface area contributed by atoms with Gasteiger partial charge in [0.05, 0.1) is 35.1 Å². The summed E-state index contributed by atoms with van der Waals surface area (Å²) in [6, 6.07) is 3.97. The highest BCUT2D eigenvalue weighted by Crippen LogP contribution is 2.40. The van der Waals surface area contributed by atoms with E-state index in [1.54, 1.807) is 0 Å². The standard InChI is InChI=1S/C17H13N3O2/c1-20-7-3-6-10-11-13-12(16(21)19-17(13)22)8-4-2-5-9(8)14(11)18-15(10)20/h3,6-7H,2,4-5H2,1H3,(H,19,21,22)/p+1. The normalized spacial score (nSPS) is 16.4. The molecule has 0 atom stereocenters. The zero-order valence-electron chi connectivity index (χ0n) is 12.1. The van der Waals surface area contributed by atoms with Crippen LogP contribution in [0.5, 0.6) is 0 Å². The van der Waals surface area contributed by atoms with Gasteiger partial charge in [0.2, 0.25) is 0 Å². The molecule has 3 aromatic rings. The molecule has 5 rings (SSSR count). The maximum atomic E-state index is 12.4. The molecule has 0 radical (unpaired) electrons. The highest BCUT2D eigenvalue weighted by molar-refractivity contribution is 6.30. The number of rotatable bonds is 0. The first-order valence-corrected chi connectivity index (χ1v) is 7.50. The van der Waals surface area contributed by atoms with Gasteiger partial charge in [-0.3, -0.25) is 14.9 Å². The van der Waals surface area contributed by atoms with E-state index in [1.165, 1.54) is 5.56 Å². The monoisotopic (exact) mass is 292 g/mol. The summed E-state index contributed by atoms with van der Waals surface area (Å²) in [7, 11) is 1.98. The summed E-state index contributed by atoms with van der Waals surface area (Å²) in [4.78, 5) is 28.1. The molecule has 1 aliphatic carbocycles. The molecule has 108 valence electrons. The van der Waals surface area contributed by atoms with Crippen molar-refractivity contribution < 1.29 is 14.2 Å². The highest BCUT2D eigenvalue weighted by atomic mass is 16.2. The van der Waals surface area contributed by atoms with Crippen molar-refractivity contribution in [3.8, 4) is 0 Å². The van der Waals surface area contributed by atoms with Crippen LogP contribution in [0.25, 0.3) is 21.9 Å². The summed E-state index contributed by atoms with van der Waals surface area (Å²) in [6.45, 7) is 0. The fourth-order valence-corrected chi connectivity index (χ4v) is 4.05. The molecule has 0 unspecified atom stereocenters. The minimum Gasteiger partial charge on any atom is -0.288 e. The Morgan fingerprint density at radius 2 is 1.86 bits per heavy atom. The van der Waals surface area contributed by atoms with E-state index >= 15 is 0 Å². The summed E-state index contributed by atoms with van der Waals surface area (Å²) in [5.74, 6) is -0.512. The topological polar surface area (TPSA) is 65.8 Å². The molecule has 0 fully saturated rings. The van der Waals surface area contributed by atoms with Gasteiger partial charge in [0.15, 0.2) is 0 Å². The van der Waals surface area contributed by atoms with E-state index in [9.17, 15) is 9.59 Å². The molecule has 2 N–H and O–H groups in total. The summed E-state index contributed by atoms with van der Waals surface area (Å²) < 4.78 is 2.01.